The van der Waals surface area contributed by atoms with Crippen LogP contribution in [-0.2, 0) is 6.54 Å². The fourth-order valence-electron chi connectivity index (χ4n) is 1.16. The molecule has 14 heavy (non-hydrogen) atoms. The molecule has 2 N–H and O–H groups in total. The van der Waals surface area contributed by atoms with Gasteiger partial charge in [0.15, 0.2) is 0 Å². The average molecular weight is 300 g/mol. The Hall–Kier alpha value is -1.11. The van der Waals surface area contributed by atoms with Crippen LogP contribution in [0.2, 0.25) is 0 Å². The third kappa shape index (κ3) is 2.22. The Morgan fingerprint density at radius 3 is 2.57 bits per heavy atom. The summed E-state index contributed by atoms with van der Waals surface area (Å²) in [5, 5.41) is 4.01. The molecule has 4 nitrogen and oxygen atoms in total. The molecule has 0 aliphatic carbocycles. The summed E-state index contributed by atoms with van der Waals surface area (Å²) in [6, 6.07) is 8.27. The molecular weight excluding hydrogens is 291 g/mol. The maximum atomic E-state index is 5.41. The number of nitrogens with zero attached hydrogens (tertiary/aromatic N) is 3. The zero-order valence-electron chi connectivity index (χ0n) is 7.39. The summed E-state index contributed by atoms with van der Waals surface area (Å²) in [7, 11) is 0. The largest absolute Gasteiger partial charge is 0.367 e. The van der Waals surface area contributed by atoms with Crippen molar-refractivity contribution in [3.63, 3.8) is 0 Å². The number of hydrogen-bond acceptors (Lipinski definition) is 3. The lowest BCUT2D eigenvalue weighted by Gasteiger charge is -2.00. The molecule has 0 bridgehead atoms. The molecule has 0 fully saturated rings. The monoisotopic (exact) mass is 300 g/mol. The van der Waals surface area contributed by atoms with Crippen LogP contribution in [0.4, 0.5) is 5.95 Å². The van der Waals surface area contributed by atoms with E-state index in [9.17, 15) is 0 Å². The maximum Gasteiger partial charge on any atom is 0.239 e. The second kappa shape index (κ2) is 3.95. The van der Waals surface area contributed by atoms with Crippen LogP contribution in [0.3, 0.4) is 0 Å². The molecule has 0 unspecified atom stereocenters. The second-order valence-corrected chi connectivity index (χ2v) is 4.17. The number of nitrogen functional groups attached to an aromatic ring is 1. The van der Waals surface area contributed by atoms with Crippen molar-refractivity contribution in [3.05, 3.63) is 39.7 Å². The van der Waals surface area contributed by atoms with Gasteiger partial charge in [-0.1, -0.05) is 12.1 Å². The summed E-state index contributed by atoms with van der Waals surface area (Å²) in [4.78, 5) is 3.86. The topological polar surface area (TPSA) is 56.7 Å². The minimum absolute atomic E-state index is 0.315. The quantitative estimate of drug-likeness (QED) is 0.855. The van der Waals surface area contributed by atoms with E-state index in [-0.39, 0.29) is 0 Å². The van der Waals surface area contributed by atoms with Gasteiger partial charge in [-0.3, -0.25) is 0 Å². The maximum absolute atomic E-state index is 5.41. The fourth-order valence-corrected chi connectivity index (χ4v) is 1.52. The summed E-state index contributed by atoms with van der Waals surface area (Å²) in [6.07, 6.45) is 1.63. The SMILES string of the molecule is Nc1ncn(Cc2ccc(I)cc2)n1. The van der Waals surface area contributed by atoms with Crippen LogP contribution in [0, 0.1) is 3.57 Å². The standard InChI is InChI=1S/C9H9IN4/c10-8-3-1-7(2-4-8)5-14-6-12-9(11)13-14/h1-4,6H,5H2,(H2,11,13). The van der Waals surface area contributed by atoms with Gasteiger partial charge in [0, 0.05) is 3.57 Å². The molecule has 1 aromatic heterocycles. The van der Waals surface area contributed by atoms with Gasteiger partial charge in [0.2, 0.25) is 5.95 Å². The lowest BCUT2D eigenvalue weighted by atomic mass is 10.2. The number of rotatable bonds is 2. The van der Waals surface area contributed by atoms with E-state index in [1.165, 1.54) is 9.13 Å². The predicted octanol–water partition coefficient (Wildman–Crippen LogP) is 1.51. The van der Waals surface area contributed by atoms with Crippen molar-refractivity contribution >= 4 is 28.5 Å². The first kappa shape index (κ1) is 9.45. The van der Waals surface area contributed by atoms with Crippen LogP contribution in [0.25, 0.3) is 0 Å². The van der Waals surface area contributed by atoms with Gasteiger partial charge in [-0.15, -0.1) is 5.10 Å². The van der Waals surface area contributed by atoms with E-state index in [4.69, 9.17) is 5.73 Å². The third-order valence-corrected chi connectivity index (χ3v) is 2.53. The molecule has 0 aliphatic rings. The molecule has 1 heterocycles. The molecule has 72 valence electrons. The summed E-state index contributed by atoms with van der Waals surface area (Å²) in [5.74, 6) is 0.315. The predicted molar refractivity (Wildman–Crippen MR) is 62.7 cm³/mol. The van der Waals surface area contributed by atoms with Crippen molar-refractivity contribution < 1.29 is 0 Å². The van der Waals surface area contributed by atoms with Gasteiger partial charge in [-0.2, -0.15) is 0 Å². The van der Waals surface area contributed by atoms with Gasteiger partial charge in [-0.05, 0) is 40.3 Å². The lowest BCUT2D eigenvalue weighted by Crippen LogP contribution is -2.00. The highest BCUT2D eigenvalue weighted by Crippen LogP contribution is 2.07. The molecular formula is C9H9IN4. The van der Waals surface area contributed by atoms with Gasteiger partial charge < -0.3 is 5.73 Å². The van der Waals surface area contributed by atoms with Crippen LogP contribution in [-0.4, -0.2) is 14.8 Å². The molecule has 0 radical (unpaired) electrons. The Morgan fingerprint density at radius 1 is 1.29 bits per heavy atom. The van der Waals surface area contributed by atoms with E-state index in [1.54, 1.807) is 11.0 Å². The second-order valence-electron chi connectivity index (χ2n) is 2.93. The van der Waals surface area contributed by atoms with Gasteiger partial charge >= 0.3 is 0 Å². The highest BCUT2D eigenvalue weighted by molar-refractivity contribution is 14.1. The van der Waals surface area contributed by atoms with Gasteiger partial charge in [0.25, 0.3) is 0 Å². The van der Waals surface area contributed by atoms with E-state index in [1.807, 2.05) is 0 Å². The molecule has 0 atom stereocenters. The first-order valence-corrected chi connectivity index (χ1v) is 5.21. The molecule has 0 amide bonds. The minimum Gasteiger partial charge on any atom is -0.367 e. The van der Waals surface area contributed by atoms with E-state index in [0.717, 1.165) is 0 Å². The van der Waals surface area contributed by atoms with Crippen molar-refractivity contribution in [2.75, 3.05) is 5.73 Å². The molecule has 1 aromatic carbocycles. The van der Waals surface area contributed by atoms with Crippen molar-refractivity contribution in [1.82, 2.24) is 14.8 Å². The molecule has 0 saturated heterocycles. The van der Waals surface area contributed by atoms with Gasteiger partial charge in [-0.25, -0.2) is 9.67 Å². The van der Waals surface area contributed by atoms with Crippen LogP contribution in [0.5, 0.6) is 0 Å². The highest BCUT2D eigenvalue weighted by Gasteiger charge is 1.97. The number of anilines is 1. The Bertz CT molecular complexity index is 421. The number of halogens is 1. The molecule has 5 heteroatoms. The first-order chi connectivity index (χ1) is 6.74. The number of benzene rings is 1. The normalized spacial score (nSPS) is 10.4. The van der Waals surface area contributed by atoms with E-state index in [2.05, 4.69) is 56.9 Å². The van der Waals surface area contributed by atoms with Crippen molar-refractivity contribution in [3.8, 4) is 0 Å². The Labute approximate surface area is 95.3 Å². The fraction of sp³-hybridized carbons (Fsp3) is 0.111. The van der Waals surface area contributed by atoms with Crippen LogP contribution in [0.1, 0.15) is 5.56 Å². The zero-order chi connectivity index (χ0) is 9.97. The zero-order valence-corrected chi connectivity index (χ0v) is 9.55. The van der Waals surface area contributed by atoms with Crippen LogP contribution in [0.15, 0.2) is 30.6 Å². The average Bonchev–Trinajstić information content (AvgIpc) is 2.56. The van der Waals surface area contributed by atoms with E-state index < -0.39 is 0 Å². The molecule has 2 rings (SSSR count). The van der Waals surface area contributed by atoms with Crippen molar-refractivity contribution in [1.29, 1.82) is 0 Å². The van der Waals surface area contributed by atoms with Gasteiger partial charge in [0.05, 0.1) is 6.54 Å². The number of hydrogen-bond donors (Lipinski definition) is 1. The Balaban J connectivity index is 2.15. The summed E-state index contributed by atoms with van der Waals surface area (Å²) >= 11 is 2.28. The summed E-state index contributed by atoms with van der Waals surface area (Å²) < 4.78 is 2.95. The highest BCUT2D eigenvalue weighted by atomic mass is 127. The summed E-state index contributed by atoms with van der Waals surface area (Å²) in [5.41, 5.74) is 6.60. The van der Waals surface area contributed by atoms with E-state index >= 15 is 0 Å². The molecule has 2 aromatic rings. The molecule has 0 aliphatic heterocycles. The first-order valence-electron chi connectivity index (χ1n) is 4.13. The van der Waals surface area contributed by atoms with Gasteiger partial charge in [0.1, 0.15) is 6.33 Å². The third-order valence-electron chi connectivity index (χ3n) is 1.81. The molecule has 0 spiro atoms. The Kier molecular flexibility index (Phi) is 2.67. The lowest BCUT2D eigenvalue weighted by molar-refractivity contribution is 0.687. The minimum atomic E-state index is 0.315. The van der Waals surface area contributed by atoms with E-state index in [0.29, 0.717) is 12.5 Å². The van der Waals surface area contributed by atoms with Crippen LogP contribution < -0.4 is 5.73 Å². The smallest absolute Gasteiger partial charge is 0.239 e. The van der Waals surface area contributed by atoms with Crippen molar-refractivity contribution in [2.45, 2.75) is 6.54 Å². The van der Waals surface area contributed by atoms with Crippen molar-refractivity contribution in [2.24, 2.45) is 0 Å². The Morgan fingerprint density at radius 2 is 2.00 bits per heavy atom. The number of aromatic nitrogens is 3. The molecule has 0 saturated carbocycles. The number of nitrogens with two attached hydrogens (primary N) is 1. The van der Waals surface area contributed by atoms with Crippen LogP contribution >= 0.6 is 22.6 Å². The summed E-state index contributed by atoms with van der Waals surface area (Å²) in [6.45, 7) is 0.709.